The smallest absolute Gasteiger partial charge is 0.317 e. The number of halogens is 3. The Bertz CT molecular complexity index is 566. The van der Waals surface area contributed by atoms with Crippen molar-refractivity contribution >= 4 is 15.7 Å². The fraction of sp³-hybridized carbons (Fsp3) is 0.500. The van der Waals surface area contributed by atoms with Crippen LogP contribution in [-0.2, 0) is 16.2 Å². The first-order valence-electron chi connectivity index (χ1n) is 6.19. The van der Waals surface area contributed by atoms with Gasteiger partial charge in [-0.1, -0.05) is 6.07 Å². The van der Waals surface area contributed by atoms with E-state index < -0.39 is 27.0 Å². The fourth-order valence-electron chi connectivity index (χ4n) is 2.11. The van der Waals surface area contributed by atoms with Crippen LogP contribution in [0.15, 0.2) is 24.3 Å². The van der Waals surface area contributed by atoms with Gasteiger partial charge in [0.2, 0.25) is 10.0 Å². The van der Waals surface area contributed by atoms with Gasteiger partial charge in [0.05, 0.1) is 10.8 Å². The average Bonchev–Trinajstić information content (AvgIpc) is 2.38. The summed E-state index contributed by atoms with van der Waals surface area (Å²) in [5.41, 5.74) is -0.929. The number of alkyl halides is 3. The third-order valence-electron chi connectivity index (χ3n) is 3.18. The zero-order valence-corrected chi connectivity index (χ0v) is 11.4. The minimum Gasteiger partial charge on any atom is -0.317 e. The Morgan fingerprint density at radius 1 is 1.20 bits per heavy atom. The lowest BCUT2D eigenvalue weighted by atomic mass is 10.2. The summed E-state index contributed by atoms with van der Waals surface area (Å²) >= 11 is 0. The number of rotatable bonds is 3. The molecule has 1 aromatic carbocycles. The molecule has 1 aliphatic rings. The molecule has 0 aromatic heterocycles. The number of anilines is 1. The zero-order valence-electron chi connectivity index (χ0n) is 10.6. The van der Waals surface area contributed by atoms with Gasteiger partial charge in [0.1, 0.15) is 0 Å². The molecule has 8 heteroatoms. The van der Waals surface area contributed by atoms with Crippen molar-refractivity contribution in [2.75, 3.05) is 17.8 Å². The molecule has 1 heterocycles. The molecule has 0 saturated carbocycles. The maximum Gasteiger partial charge on any atom is 0.416 e. The van der Waals surface area contributed by atoms with Crippen molar-refractivity contribution in [2.24, 2.45) is 0 Å². The predicted octanol–water partition coefficient (Wildman–Crippen LogP) is 2.20. The van der Waals surface area contributed by atoms with E-state index in [1.54, 1.807) is 0 Å². The third-order valence-corrected chi connectivity index (χ3v) is 5.04. The normalized spacial score (nSPS) is 17.9. The summed E-state index contributed by atoms with van der Waals surface area (Å²) in [6, 6.07) is 4.21. The lowest BCUT2D eigenvalue weighted by Gasteiger charge is -2.23. The average molecular weight is 308 g/mol. The molecule has 2 N–H and O–H groups in total. The molecular formula is C12H15F3N2O2S. The molecule has 1 saturated heterocycles. The molecule has 0 spiro atoms. The van der Waals surface area contributed by atoms with Crippen molar-refractivity contribution < 1.29 is 21.6 Å². The van der Waals surface area contributed by atoms with Crippen LogP contribution in [-0.4, -0.2) is 26.8 Å². The minimum absolute atomic E-state index is 0.0571. The van der Waals surface area contributed by atoms with Crippen molar-refractivity contribution in [2.45, 2.75) is 24.3 Å². The molecule has 2 rings (SSSR count). The molecule has 1 fully saturated rings. The maximum absolute atomic E-state index is 12.6. The van der Waals surface area contributed by atoms with Crippen molar-refractivity contribution in [3.63, 3.8) is 0 Å². The van der Waals surface area contributed by atoms with E-state index in [1.165, 1.54) is 12.1 Å². The molecule has 20 heavy (non-hydrogen) atoms. The Kier molecular flexibility index (Phi) is 4.24. The second-order valence-electron chi connectivity index (χ2n) is 4.67. The summed E-state index contributed by atoms with van der Waals surface area (Å²) in [7, 11) is -3.66. The van der Waals surface area contributed by atoms with Gasteiger partial charge in [0, 0.05) is 5.69 Å². The summed E-state index contributed by atoms with van der Waals surface area (Å²) < 4.78 is 64.1. The monoisotopic (exact) mass is 308 g/mol. The topological polar surface area (TPSA) is 58.2 Å². The van der Waals surface area contributed by atoms with E-state index in [2.05, 4.69) is 10.0 Å². The number of benzene rings is 1. The highest BCUT2D eigenvalue weighted by atomic mass is 32.2. The van der Waals surface area contributed by atoms with Gasteiger partial charge >= 0.3 is 6.18 Å². The summed E-state index contributed by atoms with van der Waals surface area (Å²) in [5, 5.41) is 2.47. The molecule has 112 valence electrons. The third kappa shape index (κ3) is 3.63. The van der Waals surface area contributed by atoms with E-state index in [0.29, 0.717) is 25.9 Å². The van der Waals surface area contributed by atoms with Crippen LogP contribution in [0.2, 0.25) is 0 Å². The van der Waals surface area contributed by atoms with Gasteiger partial charge in [0.25, 0.3) is 0 Å². The Morgan fingerprint density at radius 3 is 2.45 bits per heavy atom. The first kappa shape index (κ1) is 15.1. The quantitative estimate of drug-likeness (QED) is 0.900. The standard InChI is InChI=1S/C12H15F3N2O2S/c13-12(14,15)9-2-1-3-10(8-9)17-20(18,19)11-4-6-16-7-5-11/h1-3,8,11,16-17H,4-7H2. The molecule has 0 aliphatic carbocycles. The molecule has 0 amide bonds. The van der Waals surface area contributed by atoms with E-state index in [-0.39, 0.29) is 5.69 Å². The lowest BCUT2D eigenvalue weighted by molar-refractivity contribution is -0.137. The number of piperidine rings is 1. The summed E-state index contributed by atoms with van der Waals surface area (Å²) in [4.78, 5) is 0. The van der Waals surface area contributed by atoms with Crippen molar-refractivity contribution in [1.82, 2.24) is 5.32 Å². The minimum atomic E-state index is -4.49. The van der Waals surface area contributed by atoms with Gasteiger partial charge in [-0.15, -0.1) is 0 Å². The SMILES string of the molecule is O=S(=O)(Nc1cccc(C(F)(F)F)c1)C1CCNCC1. The van der Waals surface area contributed by atoms with Crippen LogP contribution in [0, 0.1) is 0 Å². The predicted molar refractivity (Wildman–Crippen MR) is 69.9 cm³/mol. The summed E-state index contributed by atoms with van der Waals surface area (Å²) in [6.07, 6.45) is -3.58. The van der Waals surface area contributed by atoms with Crippen LogP contribution in [0.1, 0.15) is 18.4 Å². The molecule has 0 radical (unpaired) electrons. The Balaban J connectivity index is 2.17. The lowest BCUT2D eigenvalue weighted by Crippen LogP contribution is -2.38. The molecule has 1 aliphatic heterocycles. The van der Waals surface area contributed by atoms with Gasteiger partial charge < -0.3 is 5.32 Å². The maximum atomic E-state index is 12.6. The van der Waals surface area contributed by atoms with E-state index in [0.717, 1.165) is 12.1 Å². The fourth-order valence-corrected chi connectivity index (χ4v) is 3.59. The Hall–Kier alpha value is -1.28. The largest absolute Gasteiger partial charge is 0.416 e. The second kappa shape index (κ2) is 5.61. The Morgan fingerprint density at radius 2 is 1.85 bits per heavy atom. The van der Waals surface area contributed by atoms with Gasteiger partial charge in [-0.3, -0.25) is 4.72 Å². The molecule has 4 nitrogen and oxygen atoms in total. The highest BCUT2D eigenvalue weighted by molar-refractivity contribution is 7.93. The van der Waals surface area contributed by atoms with Crippen LogP contribution in [0.5, 0.6) is 0 Å². The van der Waals surface area contributed by atoms with Crippen LogP contribution >= 0.6 is 0 Å². The number of nitrogens with one attached hydrogen (secondary N) is 2. The van der Waals surface area contributed by atoms with Gasteiger partial charge in [-0.05, 0) is 44.1 Å². The molecular weight excluding hydrogens is 293 g/mol. The molecule has 0 unspecified atom stereocenters. The Labute approximate surface area is 115 Å². The second-order valence-corrected chi connectivity index (χ2v) is 6.64. The summed E-state index contributed by atoms with van der Waals surface area (Å²) in [6.45, 7) is 1.18. The number of hydrogen-bond acceptors (Lipinski definition) is 3. The van der Waals surface area contributed by atoms with Crippen LogP contribution < -0.4 is 10.0 Å². The van der Waals surface area contributed by atoms with Gasteiger partial charge in [0.15, 0.2) is 0 Å². The van der Waals surface area contributed by atoms with E-state index in [4.69, 9.17) is 0 Å². The highest BCUT2D eigenvalue weighted by Gasteiger charge is 2.31. The highest BCUT2D eigenvalue weighted by Crippen LogP contribution is 2.31. The van der Waals surface area contributed by atoms with Crippen molar-refractivity contribution in [3.8, 4) is 0 Å². The zero-order chi connectivity index (χ0) is 14.8. The van der Waals surface area contributed by atoms with Crippen LogP contribution in [0.25, 0.3) is 0 Å². The van der Waals surface area contributed by atoms with E-state index in [1.807, 2.05) is 0 Å². The van der Waals surface area contributed by atoms with Crippen molar-refractivity contribution in [3.05, 3.63) is 29.8 Å². The van der Waals surface area contributed by atoms with Gasteiger partial charge in [-0.2, -0.15) is 13.2 Å². The van der Waals surface area contributed by atoms with Crippen molar-refractivity contribution in [1.29, 1.82) is 0 Å². The molecule has 0 bridgehead atoms. The molecule has 0 atom stereocenters. The van der Waals surface area contributed by atoms with Gasteiger partial charge in [-0.25, -0.2) is 8.42 Å². The van der Waals surface area contributed by atoms with E-state index in [9.17, 15) is 21.6 Å². The van der Waals surface area contributed by atoms with Crippen LogP contribution in [0.3, 0.4) is 0 Å². The van der Waals surface area contributed by atoms with Crippen LogP contribution in [0.4, 0.5) is 18.9 Å². The first-order valence-corrected chi connectivity index (χ1v) is 7.73. The molecule has 1 aromatic rings. The summed E-state index contributed by atoms with van der Waals surface area (Å²) in [5.74, 6) is 0. The first-order chi connectivity index (χ1) is 9.29. The number of hydrogen-bond donors (Lipinski definition) is 2. The van der Waals surface area contributed by atoms with E-state index >= 15 is 0 Å². The number of sulfonamides is 1.